The molecule has 0 aromatic rings. The Morgan fingerprint density at radius 2 is 1.10 bits per heavy atom. The van der Waals surface area contributed by atoms with Crippen molar-refractivity contribution in [2.45, 2.75) is 58.3 Å². The second-order valence-electron chi connectivity index (χ2n) is 8.95. The van der Waals surface area contributed by atoms with E-state index < -0.39 is 36.2 Å². The zero-order chi connectivity index (χ0) is 35.7. The molecule has 10 heteroatoms. The maximum atomic E-state index is 11.9. The number of nitrogens with zero attached hydrogens (tertiary/aromatic N) is 1. The molecular formula is C38H34N2O8. The minimum atomic E-state index is -1.11. The Kier molecular flexibility index (Phi) is 25.8. The van der Waals surface area contributed by atoms with Gasteiger partial charge in [-0.15, -0.1) is 0 Å². The molecule has 4 N–H and O–H groups in total. The monoisotopic (exact) mass is 646 g/mol. The molecule has 0 heterocycles. The van der Waals surface area contributed by atoms with Gasteiger partial charge in [-0.25, -0.2) is 4.79 Å². The Balaban J connectivity index is 4.79. The SMILES string of the molecule is CC#CC#CC#CC#CC#CC#CC#CC#CC#CC#CC(=O)OCC(O)CN(CCCCC(N)C(=O)OCC)CC(O)COC(C)=O. The van der Waals surface area contributed by atoms with Gasteiger partial charge in [0.15, 0.2) is 0 Å². The van der Waals surface area contributed by atoms with Crippen molar-refractivity contribution in [1.29, 1.82) is 0 Å². The molecule has 0 aromatic carbocycles. The molecule has 0 aliphatic rings. The van der Waals surface area contributed by atoms with E-state index in [1.807, 2.05) is 0 Å². The van der Waals surface area contributed by atoms with Crippen molar-refractivity contribution in [2.75, 3.05) is 39.5 Å². The van der Waals surface area contributed by atoms with Crippen LogP contribution in [0.5, 0.6) is 0 Å². The van der Waals surface area contributed by atoms with E-state index in [-0.39, 0.29) is 32.9 Å². The predicted octanol–water partition coefficient (Wildman–Crippen LogP) is -0.769. The van der Waals surface area contributed by atoms with Crippen LogP contribution in [-0.2, 0) is 28.6 Å². The first kappa shape index (κ1) is 41.8. The molecule has 0 amide bonds. The van der Waals surface area contributed by atoms with Crippen LogP contribution in [0.1, 0.15) is 40.0 Å². The highest BCUT2D eigenvalue weighted by molar-refractivity contribution is 5.89. The summed E-state index contributed by atoms with van der Waals surface area (Å²) in [5.74, 6) is 47.1. The third-order valence-electron chi connectivity index (χ3n) is 5.00. The summed E-state index contributed by atoms with van der Waals surface area (Å²) < 4.78 is 14.7. The molecule has 0 saturated heterocycles. The topological polar surface area (TPSA) is 149 Å². The number of nitrogens with two attached hydrogens (primary N) is 1. The molecule has 3 atom stereocenters. The molecule has 0 saturated carbocycles. The summed E-state index contributed by atoms with van der Waals surface area (Å²) >= 11 is 0. The summed E-state index contributed by atoms with van der Waals surface area (Å²) in [5, 5.41) is 20.6. The maximum absolute atomic E-state index is 11.9. The average Bonchev–Trinajstić information content (AvgIpc) is 3.05. The molecule has 0 bridgehead atoms. The van der Waals surface area contributed by atoms with Crippen molar-refractivity contribution in [2.24, 2.45) is 5.73 Å². The van der Waals surface area contributed by atoms with Crippen LogP contribution in [0.15, 0.2) is 0 Å². The maximum Gasteiger partial charge on any atom is 0.385 e. The number of hydrogen-bond acceptors (Lipinski definition) is 10. The van der Waals surface area contributed by atoms with Crippen molar-refractivity contribution < 1.29 is 38.8 Å². The molecule has 3 unspecified atom stereocenters. The fraction of sp³-hybridized carbons (Fsp3) is 0.395. The summed E-state index contributed by atoms with van der Waals surface area (Å²) in [6, 6.07) is -0.743. The number of unbranched alkanes of at least 4 members (excludes halogenated alkanes) is 1. The Morgan fingerprint density at radius 3 is 1.54 bits per heavy atom. The smallest absolute Gasteiger partial charge is 0.385 e. The number of carbonyl (C=O) groups excluding carboxylic acids is 3. The standard InChI is InChI=1S/C38H34N2O8/c1-4-6-7-8-9-10-11-12-13-14-15-16-17-18-19-20-21-22-23-27-37(44)48-32-35(43)30-40(29-34(42)31-47-33(3)41)28-25-24-26-36(39)38(45)46-5-2/h34-36,42-43H,5,24-26,28-32,39H2,1-3H3. The van der Waals surface area contributed by atoms with Gasteiger partial charge in [0.2, 0.25) is 0 Å². The second-order valence-corrected chi connectivity index (χ2v) is 8.95. The van der Waals surface area contributed by atoms with Gasteiger partial charge in [-0.3, -0.25) is 14.5 Å². The van der Waals surface area contributed by atoms with E-state index in [1.165, 1.54) is 6.92 Å². The minimum absolute atomic E-state index is 0.0321. The molecule has 0 radical (unpaired) electrons. The lowest BCUT2D eigenvalue weighted by atomic mass is 10.1. The number of ether oxygens (including phenoxy) is 3. The summed E-state index contributed by atoms with van der Waals surface area (Å²) in [6.45, 7) is 4.77. The van der Waals surface area contributed by atoms with Gasteiger partial charge in [-0.1, -0.05) is 12.3 Å². The van der Waals surface area contributed by atoms with Crippen LogP contribution < -0.4 is 5.73 Å². The van der Waals surface area contributed by atoms with Gasteiger partial charge in [0.05, 0.1) is 6.61 Å². The molecule has 48 heavy (non-hydrogen) atoms. The summed E-state index contributed by atoms with van der Waals surface area (Å²) in [4.78, 5) is 36.3. The van der Waals surface area contributed by atoms with Crippen LogP contribution in [0.3, 0.4) is 0 Å². The third kappa shape index (κ3) is 27.4. The van der Waals surface area contributed by atoms with Crippen molar-refractivity contribution >= 4 is 17.9 Å². The molecule has 244 valence electrons. The molecule has 0 spiro atoms. The van der Waals surface area contributed by atoms with E-state index >= 15 is 0 Å². The van der Waals surface area contributed by atoms with Gasteiger partial charge in [0.25, 0.3) is 0 Å². The first-order chi connectivity index (χ1) is 23.2. The van der Waals surface area contributed by atoms with Crippen molar-refractivity contribution in [1.82, 2.24) is 4.90 Å². The van der Waals surface area contributed by atoms with E-state index in [9.17, 15) is 24.6 Å². The lowest BCUT2D eigenvalue weighted by Crippen LogP contribution is -2.41. The molecule has 0 rings (SSSR count). The van der Waals surface area contributed by atoms with Gasteiger partial charge in [0, 0.05) is 37.8 Å². The zero-order valence-electron chi connectivity index (χ0n) is 27.0. The lowest BCUT2D eigenvalue weighted by molar-refractivity contribution is -0.145. The molecule has 0 fully saturated rings. The lowest BCUT2D eigenvalue weighted by Gasteiger charge is -2.27. The molecular weight excluding hydrogens is 612 g/mol. The number of hydrogen-bond donors (Lipinski definition) is 3. The van der Waals surface area contributed by atoms with E-state index in [1.54, 1.807) is 18.7 Å². The highest BCUT2D eigenvalue weighted by Gasteiger charge is 2.19. The van der Waals surface area contributed by atoms with Crippen LogP contribution >= 0.6 is 0 Å². The van der Waals surface area contributed by atoms with Crippen molar-refractivity contribution in [3.8, 4) is 118 Å². The summed E-state index contributed by atoms with van der Waals surface area (Å²) in [6.07, 6.45) is -0.558. The van der Waals surface area contributed by atoms with Crippen LogP contribution in [0.2, 0.25) is 0 Å². The first-order valence-corrected chi connectivity index (χ1v) is 14.4. The number of aliphatic hydroxyl groups excluding tert-OH is 2. The number of rotatable bonds is 15. The van der Waals surface area contributed by atoms with Gasteiger partial charge in [-0.05, 0) is 128 Å². The zero-order valence-corrected chi connectivity index (χ0v) is 27.0. The van der Waals surface area contributed by atoms with Gasteiger partial charge < -0.3 is 30.2 Å². The largest absolute Gasteiger partial charge is 0.465 e. The van der Waals surface area contributed by atoms with Crippen LogP contribution in [0.4, 0.5) is 0 Å². The fourth-order valence-corrected chi connectivity index (χ4v) is 3.09. The third-order valence-corrected chi connectivity index (χ3v) is 5.00. The Bertz CT molecular complexity index is 1750. The Labute approximate surface area is 283 Å². The first-order valence-electron chi connectivity index (χ1n) is 14.4. The van der Waals surface area contributed by atoms with E-state index in [2.05, 4.69) is 118 Å². The van der Waals surface area contributed by atoms with Crippen LogP contribution in [-0.4, -0.2) is 90.7 Å². The van der Waals surface area contributed by atoms with E-state index in [4.69, 9.17) is 19.9 Å². The normalized spacial score (nSPS) is 9.98. The van der Waals surface area contributed by atoms with Gasteiger partial charge in [0.1, 0.15) is 31.5 Å². The average molecular weight is 647 g/mol. The quantitative estimate of drug-likeness (QED) is 0.0681. The fourth-order valence-electron chi connectivity index (χ4n) is 3.09. The molecule has 0 aliphatic carbocycles. The second kappa shape index (κ2) is 29.6. The van der Waals surface area contributed by atoms with Crippen LogP contribution in [0, 0.1) is 118 Å². The summed E-state index contributed by atoms with van der Waals surface area (Å²) in [7, 11) is 0. The number of carbonyl (C=O) groups is 3. The van der Waals surface area contributed by atoms with E-state index in [0.29, 0.717) is 25.8 Å². The van der Waals surface area contributed by atoms with Crippen molar-refractivity contribution in [3.05, 3.63) is 0 Å². The Hall–Kier alpha value is -6.15. The predicted molar refractivity (Wildman–Crippen MR) is 178 cm³/mol. The highest BCUT2D eigenvalue weighted by Crippen LogP contribution is 2.06. The number of aliphatic hydroxyl groups is 2. The van der Waals surface area contributed by atoms with Crippen LogP contribution in [0.25, 0.3) is 0 Å². The molecule has 0 aromatic heterocycles. The Morgan fingerprint density at radius 1 is 0.667 bits per heavy atom. The van der Waals surface area contributed by atoms with E-state index in [0.717, 1.165) is 0 Å². The van der Waals surface area contributed by atoms with Crippen molar-refractivity contribution in [3.63, 3.8) is 0 Å². The van der Waals surface area contributed by atoms with Gasteiger partial charge in [-0.2, -0.15) is 0 Å². The molecule has 0 aliphatic heterocycles. The van der Waals surface area contributed by atoms with Gasteiger partial charge >= 0.3 is 17.9 Å². The summed E-state index contributed by atoms with van der Waals surface area (Å²) in [5.41, 5.74) is 5.82. The number of esters is 3. The minimum Gasteiger partial charge on any atom is -0.465 e. The molecule has 10 nitrogen and oxygen atoms in total. The highest BCUT2D eigenvalue weighted by atomic mass is 16.5.